The van der Waals surface area contributed by atoms with Gasteiger partial charge in [0.15, 0.2) is 6.61 Å². The number of aryl methyl sites for hydroxylation is 1. The van der Waals surface area contributed by atoms with Crippen LogP contribution in [0.2, 0.25) is 0 Å². The highest BCUT2D eigenvalue weighted by Crippen LogP contribution is 2.61. The number of carbonyl (C=O) groups is 2. The topological polar surface area (TPSA) is 63.6 Å². The average molecular weight is 334 g/mol. The van der Waals surface area contributed by atoms with Crippen molar-refractivity contribution >= 4 is 23.1 Å². The van der Waals surface area contributed by atoms with Crippen LogP contribution < -0.4 is 0 Å². The zero-order valence-corrected chi connectivity index (χ0v) is 14.2. The summed E-state index contributed by atoms with van der Waals surface area (Å²) in [5.41, 5.74) is -1.23. The Labute approximate surface area is 139 Å². The maximum absolute atomic E-state index is 12.7. The number of ketones is 1. The van der Waals surface area contributed by atoms with Crippen molar-refractivity contribution < 1.29 is 19.4 Å². The van der Waals surface area contributed by atoms with Crippen LogP contribution in [0.15, 0.2) is 12.1 Å². The molecule has 2 atom stereocenters. The van der Waals surface area contributed by atoms with Gasteiger partial charge in [-0.3, -0.25) is 9.59 Å². The van der Waals surface area contributed by atoms with Gasteiger partial charge in [-0.2, -0.15) is 0 Å². The van der Waals surface area contributed by atoms with Gasteiger partial charge < -0.3 is 9.84 Å². The van der Waals surface area contributed by atoms with Gasteiger partial charge in [0.1, 0.15) is 0 Å². The van der Waals surface area contributed by atoms with Crippen LogP contribution in [0.25, 0.3) is 0 Å². The minimum absolute atomic E-state index is 0.139. The number of carbonyl (C=O) groups excluding carboxylic acids is 2. The van der Waals surface area contributed by atoms with Gasteiger partial charge in [-0.25, -0.2) is 0 Å². The van der Waals surface area contributed by atoms with E-state index in [1.807, 2.05) is 13.0 Å². The molecule has 4 fully saturated rings. The Morgan fingerprint density at radius 3 is 2.52 bits per heavy atom. The number of esters is 1. The fraction of sp³-hybridized carbons (Fsp3) is 0.667. The number of rotatable bonds is 4. The highest BCUT2D eigenvalue weighted by atomic mass is 32.1. The van der Waals surface area contributed by atoms with Crippen LogP contribution in [0.4, 0.5) is 0 Å². The predicted octanol–water partition coefficient (Wildman–Crippen LogP) is 3.11. The van der Waals surface area contributed by atoms with Crippen molar-refractivity contribution in [1.29, 1.82) is 0 Å². The summed E-state index contributed by atoms with van der Waals surface area (Å²) in [5.74, 6) is 0.459. The summed E-state index contributed by atoms with van der Waals surface area (Å²) in [4.78, 5) is 26.5. The number of hydrogen-bond donors (Lipinski definition) is 1. The number of hydrogen-bond acceptors (Lipinski definition) is 5. The third-order valence-corrected chi connectivity index (χ3v) is 6.85. The van der Waals surface area contributed by atoms with Crippen molar-refractivity contribution in [2.24, 2.45) is 17.3 Å². The summed E-state index contributed by atoms with van der Waals surface area (Å²) >= 11 is 1.43. The van der Waals surface area contributed by atoms with Gasteiger partial charge in [-0.15, -0.1) is 11.3 Å². The molecule has 1 aromatic rings. The van der Waals surface area contributed by atoms with Crippen LogP contribution >= 0.6 is 11.3 Å². The Bertz CT molecular complexity index is 648. The molecule has 0 spiro atoms. The molecule has 0 saturated heterocycles. The van der Waals surface area contributed by atoms with Gasteiger partial charge in [0.2, 0.25) is 5.78 Å². The molecule has 1 aromatic heterocycles. The van der Waals surface area contributed by atoms with Crippen LogP contribution in [0, 0.1) is 24.2 Å². The van der Waals surface area contributed by atoms with Crippen molar-refractivity contribution in [1.82, 2.24) is 0 Å². The molecule has 5 rings (SSSR count). The first-order valence-corrected chi connectivity index (χ1v) is 9.18. The molecule has 0 aliphatic heterocycles. The molecule has 1 heterocycles. The molecule has 4 nitrogen and oxygen atoms in total. The van der Waals surface area contributed by atoms with Crippen molar-refractivity contribution in [3.05, 3.63) is 21.9 Å². The average Bonchev–Trinajstić information content (AvgIpc) is 2.88. The standard InChI is InChI=1S/C18H22O4S/c1-11-2-3-15(23-11)14(19)9-22-16(20)17-5-12-4-13(6-17)8-18(21,7-12)10-17/h2-3,12-13,21H,4-10H2,1H3/t12-,13-,17?,18?/m1/s1. The first kappa shape index (κ1) is 15.3. The van der Waals surface area contributed by atoms with Crippen LogP contribution in [0.5, 0.6) is 0 Å². The molecule has 0 unspecified atom stereocenters. The smallest absolute Gasteiger partial charge is 0.312 e. The fourth-order valence-corrected chi connectivity index (χ4v) is 6.18. The first-order valence-electron chi connectivity index (χ1n) is 8.37. The molecule has 4 saturated carbocycles. The molecule has 0 aromatic carbocycles. The van der Waals surface area contributed by atoms with Crippen molar-refractivity contribution in [2.75, 3.05) is 6.61 Å². The summed E-state index contributed by atoms with van der Waals surface area (Å²) in [6.45, 7) is 1.76. The van der Waals surface area contributed by atoms with Crippen LogP contribution in [-0.4, -0.2) is 29.1 Å². The molecule has 124 valence electrons. The van der Waals surface area contributed by atoms with E-state index in [1.165, 1.54) is 11.3 Å². The minimum atomic E-state index is -0.683. The van der Waals surface area contributed by atoms with Crippen molar-refractivity contribution in [3.63, 3.8) is 0 Å². The van der Waals surface area contributed by atoms with E-state index in [-0.39, 0.29) is 18.4 Å². The van der Waals surface area contributed by atoms with Crippen LogP contribution in [-0.2, 0) is 9.53 Å². The molecular weight excluding hydrogens is 312 g/mol. The van der Waals surface area contributed by atoms with Crippen LogP contribution in [0.1, 0.15) is 53.1 Å². The Morgan fingerprint density at radius 1 is 1.26 bits per heavy atom. The lowest BCUT2D eigenvalue weighted by Crippen LogP contribution is -2.58. The third-order valence-electron chi connectivity index (χ3n) is 5.81. The summed E-state index contributed by atoms with van der Waals surface area (Å²) in [6, 6.07) is 3.68. The lowest BCUT2D eigenvalue weighted by molar-refractivity contribution is -0.195. The predicted molar refractivity (Wildman–Crippen MR) is 86.4 cm³/mol. The van der Waals surface area contributed by atoms with Gasteiger partial charge >= 0.3 is 5.97 Å². The van der Waals surface area contributed by atoms with Gasteiger partial charge in [0.25, 0.3) is 0 Å². The first-order chi connectivity index (χ1) is 10.9. The maximum atomic E-state index is 12.7. The van der Waals surface area contributed by atoms with E-state index in [0.717, 1.165) is 37.0 Å². The minimum Gasteiger partial charge on any atom is -0.457 e. The van der Waals surface area contributed by atoms with Crippen molar-refractivity contribution in [3.8, 4) is 0 Å². The lowest BCUT2D eigenvalue weighted by atomic mass is 9.48. The Hall–Kier alpha value is -1.20. The van der Waals surface area contributed by atoms with E-state index >= 15 is 0 Å². The second-order valence-electron chi connectivity index (χ2n) is 7.88. The summed E-state index contributed by atoms with van der Waals surface area (Å²) < 4.78 is 5.40. The Morgan fingerprint density at radius 2 is 1.96 bits per heavy atom. The van der Waals surface area contributed by atoms with Gasteiger partial charge in [-0.05, 0) is 69.4 Å². The molecule has 0 radical (unpaired) electrons. The highest BCUT2D eigenvalue weighted by Gasteiger charge is 2.60. The summed E-state index contributed by atoms with van der Waals surface area (Å²) in [6.07, 6.45) is 4.93. The number of Topliss-reactive ketones (excluding diaryl/α,β-unsaturated/α-hetero) is 1. The number of aliphatic hydroxyl groups is 1. The van der Waals surface area contributed by atoms with Gasteiger partial charge in [0, 0.05) is 4.88 Å². The van der Waals surface area contributed by atoms with E-state index < -0.39 is 11.0 Å². The largest absolute Gasteiger partial charge is 0.457 e. The van der Waals surface area contributed by atoms with E-state index in [1.54, 1.807) is 6.07 Å². The normalized spacial score (nSPS) is 37.8. The Kier molecular flexibility index (Phi) is 3.43. The van der Waals surface area contributed by atoms with Gasteiger partial charge in [-0.1, -0.05) is 0 Å². The van der Waals surface area contributed by atoms with Gasteiger partial charge in [0.05, 0.1) is 15.9 Å². The van der Waals surface area contributed by atoms with Crippen LogP contribution in [0.3, 0.4) is 0 Å². The molecular formula is C18H22O4S. The molecule has 23 heavy (non-hydrogen) atoms. The quantitative estimate of drug-likeness (QED) is 0.679. The molecule has 5 heteroatoms. The maximum Gasteiger partial charge on any atom is 0.312 e. The number of thiophene rings is 1. The second kappa shape index (κ2) is 5.15. The zero-order valence-electron chi connectivity index (χ0n) is 13.3. The monoisotopic (exact) mass is 334 g/mol. The van der Waals surface area contributed by atoms with E-state index in [4.69, 9.17) is 4.74 Å². The molecule has 0 amide bonds. The number of ether oxygens (including phenoxy) is 1. The molecule has 4 aliphatic carbocycles. The summed E-state index contributed by atoms with van der Waals surface area (Å²) in [7, 11) is 0. The second-order valence-corrected chi connectivity index (χ2v) is 9.16. The fourth-order valence-electron chi connectivity index (χ4n) is 5.39. The van der Waals surface area contributed by atoms with E-state index in [9.17, 15) is 14.7 Å². The van der Waals surface area contributed by atoms with E-state index in [0.29, 0.717) is 23.1 Å². The molecule has 1 N–H and O–H groups in total. The summed E-state index contributed by atoms with van der Waals surface area (Å²) in [5, 5.41) is 10.7. The van der Waals surface area contributed by atoms with E-state index in [2.05, 4.69) is 0 Å². The Balaban J connectivity index is 1.44. The lowest BCUT2D eigenvalue weighted by Gasteiger charge is -2.58. The highest BCUT2D eigenvalue weighted by molar-refractivity contribution is 7.14. The SMILES string of the molecule is Cc1ccc(C(=O)COC(=O)C23C[C@H]4C[C@@H](CC(O)(C4)C2)C3)s1. The third kappa shape index (κ3) is 2.64. The molecule has 4 aliphatic rings. The molecule has 4 bridgehead atoms. The van der Waals surface area contributed by atoms with Crippen molar-refractivity contribution in [2.45, 2.75) is 51.0 Å². The zero-order chi connectivity index (χ0) is 16.2.